The van der Waals surface area contributed by atoms with Crippen LogP contribution in [-0.2, 0) is 0 Å². The fourth-order valence-corrected chi connectivity index (χ4v) is 4.52. The smallest absolute Gasteiger partial charge is 0.0177 e. The van der Waals surface area contributed by atoms with E-state index in [1.54, 1.807) is 0 Å². The lowest BCUT2D eigenvalue weighted by atomic mass is 9.68. The molecule has 16 heavy (non-hydrogen) atoms. The van der Waals surface area contributed by atoms with E-state index in [0.717, 1.165) is 12.0 Å². The summed E-state index contributed by atoms with van der Waals surface area (Å²) >= 11 is 0. The van der Waals surface area contributed by atoms with Gasteiger partial charge in [0.2, 0.25) is 0 Å². The Morgan fingerprint density at radius 1 is 1.31 bits per heavy atom. The Bertz CT molecular complexity index is 253. The third kappa shape index (κ3) is 1.81. The molecule has 2 saturated carbocycles. The molecule has 2 aliphatic rings. The second-order valence-electron chi connectivity index (χ2n) is 7.20. The molecule has 2 aliphatic carbocycles. The molecule has 4 unspecified atom stereocenters. The van der Waals surface area contributed by atoms with E-state index in [4.69, 9.17) is 0 Å². The molecular weight excluding hydrogens is 194 g/mol. The van der Waals surface area contributed by atoms with E-state index in [1.807, 2.05) is 0 Å². The van der Waals surface area contributed by atoms with Gasteiger partial charge in [-0.25, -0.2) is 0 Å². The quantitative estimate of drug-likeness (QED) is 0.760. The Labute approximate surface area is 101 Å². The summed E-state index contributed by atoms with van der Waals surface area (Å²) in [6.07, 6.45) is 6.97. The third-order valence-corrected chi connectivity index (χ3v) is 5.44. The number of nitrogens with one attached hydrogen (secondary N) is 1. The monoisotopic (exact) mass is 223 g/mol. The van der Waals surface area contributed by atoms with Crippen molar-refractivity contribution < 1.29 is 0 Å². The zero-order chi connectivity index (χ0) is 12.0. The minimum absolute atomic E-state index is 0.509. The summed E-state index contributed by atoms with van der Waals surface area (Å²) in [5, 5.41) is 3.94. The average molecular weight is 223 g/mol. The van der Waals surface area contributed by atoms with E-state index in [1.165, 1.54) is 32.1 Å². The second kappa shape index (κ2) is 4.01. The van der Waals surface area contributed by atoms with Crippen LogP contribution < -0.4 is 5.32 Å². The van der Waals surface area contributed by atoms with Gasteiger partial charge in [-0.15, -0.1) is 0 Å². The van der Waals surface area contributed by atoms with E-state index in [0.29, 0.717) is 16.9 Å². The fraction of sp³-hybridized carbons (Fsp3) is 1.00. The zero-order valence-electron chi connectivity index (χ0n) is 11.8. The fourth-order valence-electron chi connectivity index (χ4n) is 4.52. The normalized spacial score (nSPS) is 42.6. The molecule has 0 radical (unpaired) electrons. The highest BCUT2D eigenvalue weighted by Crippen LogP contribution is 2.62. The maximum absolute atomic E-state index is 3.94. The van der Waals surface area contributed by atoms with E-state index < -0.39 is 0 Å². The molecule has 0 aromatic heterocycles. The predicted octanol–water partition coefficient (Wildman–Crippen LogP) is 3.98. The molecule has 0 aromatic rings. The largest absolute Gasteiger partial charge is 0.310 e. The van der Waals surface area contributed by atoms with Crippen LogP contribution in [0.5, 0.6) is 0 Å². The van der Waals surface area contributed by atoms with Crippen LogP contribution >= 0.6 is 0 Å². The summed E-state index contributed by atoms with van der Waals surface area (Å²) in [5.74, 6) is 0.962. The molecule has 2 bridgehead atoms. The maximum atomic E-state index is 3.94. The molecule has 94 valence electrons. The van der Waals surface area contributed by atoms with Crippen molar-refractivity contribution in [3.63, 3.8) is 0 Å². The summed E-state index contributed by atoms with van der Waals surface area (Å²) in [4.78, 5) is 0. The van der Waals surface area contributed by atoms with Crippen LogP contribution in [0.15, 0.2) is 0 Å². The molecule has 0 heterocycles. The number of fused-ring (bicyclic) bond motifs is 2. The highest BCUT2D eigenvalue weighted by atomic mass is 15.0. The van der Waals surface area contributed by atoms with E-state index in [9.17, 15) is 0 Å². The molecule has 4 atom stereocenters. The molecular formula is C15H29N. The van der Waals surface area contributed by atoms with Gasteiger partial charge in [0.05, 0.1) is 0 Å². The Morgan fingerprint density at radius 3 is 2.50 bits per heavy atom. The molecule has 1 nitrogen and oxygen atoms in total. The first kappa shape index (κ1) is 12.4. The van der Waals surface area contributed by atoms with Gasteiger partial charge in [-0.2, -0.15) is 0 Å². The van der Waals surface area contributed by atoms with Crippen molar-refractivity contribution >= 4 is 0 Å². The SMILES string of the molecule is CCCC(C)NC1C2(C)CCC(C2)C1(C)C. The van der Waals surface area contributed by atoms with Crippen molar-refractivity contribution in [2.75, 3.05) is 0 Å². The lowest BCUT2D eigenvalue weighted by Crippen LogP contribution is -2.53. The van der Waals surface area contributed by atoms with Crippen LogP contribution in [0.25, 0.3) is 0 Å². The maximum Gasteiger partial charge on any atom is 0.0177 e. The zero-order valence-corrected chi connectivity index (χ0v) is 11.8. The highest BCUT2D eigenvalue weighted by Gasteiger charge is 2.59. The molecule has 1 heteroatoms. The van der Waals surface area contributed by atoms with Gasteiger partial charge in [-0.1, -0.05) is 34.1 Å². The summed E-state index contributed by atoms with van der Waals surface area (Å²) in [7, 11) is 0. The summed E-state index contributed by atoms with van der Waals surface area (Å²) in [6, 6.07) is 1.42. The summed E-state index contributed by atoms with van der Waals surface area (Å²) in [5.41, 5.74) is 1.09. The van der Waals surface area contributed by atoms with Gasteiger partial charge in [0, 0.05) is 12.1 Å². The van der Waals surface area contributed by atoms with Crippen LogP contribution in [0, 0.1) is 16.7 Å². The molecule has 0 aliphatic heterocycles. The van der Waals surface area contributed by atoms with Crippen LogP contribution in [0.1, 0.15) is 66.7 Å². The minimum atomic E-state index is 0.509. The van der Waals surface area contributed by atoms with Crippen molar-refractivity contribution in [1.29, 1.82) is 0 Å². The summed E-state index contributed by atoms with van der Waals surface area (Å²) < 4.78 is 0. The standard InChI is InChI=1S/C15H29N/c1-6-7-11(2)16-13-14(3,4)12-8-9-15(13,5)10-12/h11-13,16H,6-10H2,1-5H3. The van der Waals surface area contributed by atoms with Crippen molar-refractivity contribution in [3.05, 3.63) is 0 Å². The Morgan fingerprint density at radius 2 is 2.00 bits per heavy atom. The number of hydrogen-bond donors (Lipinski definition) is 1. The van der Waals surface area contributed by atoms with Crippen molar-refractivity contribution in [2.24, 2.45) is 16.7 Å². The summed E-state index contributed by atoms with van der Waals surface area (Å²) in [6.45, 7) is 12.1. The molecule has 2 fully saturated rings. The van der Waals surface area contributed by atoms with Gasteiger partial charge in [-0.3, -0.25) is 0 Å². The van der Waals surface area contributed by atoms with E-state index >= 15 is 0 Å². The predicted molar refractivity (Wildman–Crippen MR) is 70.5 cm³/mol. The molecule has 2 rings (SSSR count). The second-order valence-corrected chi connectivity index (χ2v) is 7.20. The van der Waals surface area contributed by atoms with E-state index in [-0.39, 0.29) is 0 Å². The molecule has 1 N–H and O–H groups in total. The van der Waals surface area contributed by atoms with Gasteiger partial charge in [0.1, 0.15) is 0 Å². The van der Waals surface area contributed by atoms with Crippen LogP contribution in [0.4, 0.5) is 0 Å². The Kier molecular flexibility index (Phi) is 3.11. The molecule has 0 aromatic carbocycles. The minimum Gasteiger partial charge on any atom is -0.310 e. The lowest BCUT2D eigenvalue weighted by Gasteiger charge is -2.44. The van der Waals surface area contributed by atoms with Gasteiger partial charge < -0.3 is 5.32 Å². The topological polar surface area (TPSA) is 12.0 Å². The lowest BCUT2D eigenvalue weighted by molar-refractivity contribution is 0.0990. The Hall–Kier alpha value is -0.0400. The van der Waals surface area contributed by atoms with Crippen molar-refractivity contribution in [1.82, 2.24) is 5.32 Å². The van der Waals surface area contributed by atoms with Gasteiger partial charge >= 0.3 is 0 Å². The van der Waals surface area contributed by atoms with Crippen LogP contribution in [0.3, 0.4) is 0 Å². The number of hydrogen-bond acceptors (Lipinski definition) is 1. The molecule has 0 spiro atoms. The number of rotatable bonds is 4. The van der Waals surface area contributed by atoms with Gasteiger partial charge in [-0.05, 0) is 49.4 Å². The Balaban J connectivity index is 2.08. The average Bonchev–Trinajstić information content (AvgIpc) is 2.64. The van der Waals surface area contributed by atoms with E-state index in [2.05, 4.69) is 39.9 Å². The van der Waals surface area contributed by atoms with Gasteiger partial charge in [0.25, 0.3) is 0 Å². The first-order chi connectivity index (χ1) is 7.40. The first-order valence-corrected chi connectivity index (χ1v) is 7.16. The van der Waals surface area contributed by atoms with Crippen molar-refractivity contribution in [3.8, 4) is 0 Å². The molecule has 0 amide bonds. The highest BCUT2D eigenvalue weighted by molar-refractivity contribution is 5.12. The van der Waals surface area contributed by atoms with Crippen molar-refractivity contribution in [2.45, 2.75) is 78.8 Å². The third-order valence-electron chi connectivity index (χ3n) is 5.44. The van der Waals surface area contributed by atoms with Crippen LogP contribution in [0.2, 0.25) is 0 Å². The van der Waals surface area contributed by atoms with Gasteiger partial charge in [0.15, 0.2) is 0 Å². The first-order valence-electron chi connectivity index (χ1n) is 7.16. The molecule has 0 saturated heterocycles. The van der Waals surface area contributed by atoms with Crippen LogP contribution in [-0.4, -0.2) is 12.1 Å².